The molecule has 0 bridgehead atoms. The van der Waals surface area contributed by atoms with E-state index < -0.39 is 46.3 Å². The van der Waals surface area contributed by atoms with Crippen LogP contribution in [0.15, 0.2) is 36.4 Å². The Bertz CT molecular complexity index is 840. The smallest absolute Gasteiger partial charge is 0.338 e. The number of nitro benzene ring substituents is 1. The summed E-state index contributed by atoms with van der Waals surface area (Å²) in [7, 11) is 0. The molecule has 0 aliphatic carbocycles. The second kappa shape index (κ2) is 7.67. The Balaban J connectivity index is 2.01. The topological polar surface area (TPSA) is 98.5 Å². The van der Waals surface area contributed by atoms with E-state index in [0.29, 0.717) is 6.07 Å². The predicted molar refractivity (Wildman–Crippen MR) is 83.4 cm³/mol. The van der Waals surface area contributed by atoms with Crippen molar-refractivity contribution in [2.24, 2.45) is 0 Å². The number of anilines is 1. The molecule has 0 aromatic heterocycles. The van der Waals surface area contributed by atoms with E-state index in [1.54, 1.807) is 0 Å². The average Bonchev–Trinajstić information content (AvgIpc) is 2.53. The summed E-state index contributed by atoms with van der Waals surface area (Å²) in [5.74, 6) is -3.96. The van der Waals surface area contributed by atoms with Crippen LogP contribution in [0.4, 0.5) is 20.2 Å². The zero-order chi connectivity index (χ0) is 18.6. The summed E-state index contributed by atoms with van der Waals surface area (Å²) < 4.78 is 30.7. The van der Waals surface area contributed by atoms with Crippen molar-refractivity contribution in [3.8, 4) is 0 Å². The van der Waals surface area contributed by atoms with Crippen molar-refractivity contribution in [3.05, 3.63) is 68.7 Å². The number of benzene rings is 2. The van der Waals surface area contributed by atoms with Gasteiger partial charge in [0.1, 0.15) is 17.3 Å². The van der Waals surface area contributed by atoms with Crippen molar-refractivity contribution in [2.75, 3.05) is 11.9 Å². The predicted octanol–water partition coefficient (Wildman–Crippen LogP) is 3.32. The highest BCUT2D eigenvalue weighted by atomic mass is 35.5. The van der Waals surface area contributed by atoms with Crippen LogP contribution >= 0.6 is 11.6 Å². The zero-order valence-corrected chi connectivity index (χ0v) is 13.0. The van der Waals surface area contributed by atoms with Gasteiger partial charge in [0.2, 0.25) is 0 Å². The maximum Gasteiger partial charge on any atom is 0.338 e. The molecule has 0 aliphatic heterocycles. The molecule has 0 spiro atoms. The van der Waals surface area contributed by atoms with Crippen LogP contribution in [0.25, 0.3) is 0 Å². The number of amides is 1. The molecular formula is C15H9ClF2N2O5. The Morgan fingerprint density at radius 3 is 2.40 bits per heavy atom. The first kappa shape index (κ1) is 18.3. The highest BCUT2D eigenvalue weighted by Gasteiger charge is 2.18. The number of hydrogen-bond acceptors (Lipinski definition) is 5. The summed E-state index contributed by atoms with van der Waals surface area (Å²) in [5.41, 5.74) is -1.01. The van der Waals surface area contributed by atoms with Crippen LogP contribution in [0.1, 0.15) is 10.4 Å². The van der Waals surface area contributed by atoms with Gasteiger partial charge in [-0.25, -0.2) is 13.6 Å². The van der Waals surface area contributed by atoms with Gasteiger partial charge in [-0.1, -0.05) is 11.6 Å². The van der Waals surface area contributed by atoms with Gasteiger partial charge in [-0.2, -0.15) is 0 Å². The van der Waals surface area contributed by atoms with Crippen LogP contribution in [-0.4, -0.2) is 23.4 Å². The van der Waals surface area contributed by atoms with Gasteiger partial charge in [-0.3, -0.25) is 14.9 Å². The molecule has 2 aromatic rings. The van der Waals surface area contributed by atoms with Gasteiger partial charge in [-0.15, -0.1) is 0 Å². The molecule has 130 valence electrons. The van der Waals surface area contributed by atoms with Gasteiger partial charge >= 0.3 is 5.97 Å². The molecule has 1 N–H and O–H groups in total. The van der Waals surface area contributed by atoms with Crippen LogP contribution in [-0.2, 0) is 9.53 Å². The summed E-state index contributed by atoms with van der Waals surface area (Å²) in [6, 6.07) is 5.64. The highest BCUT2D eigenvalue weighted by Crippen LogP contribution is 2.27. The van der Waals surface area contributed by atoms with E-state index in [1.165, 1.54) is 12.1 Å². The lowest BCUT2D eigenvalue weighted by Crippen LogP contribution is -2.21. The Kier molecular flexibility index (Phi) is 5.60. The van der Waals surface area contributed by atoms with E-state index in [2.05, 4.69) is 10.1 Å². The third-order valence-electron chi connectivity index (χ3n) is 2.86. The number of esters is 1. The minimum atomic E-state index is -1.13. The summed E-state index contributed by atoms with van der Waals surface area (Å²) in [4.78, 5) is 33.6. The second-order valence-corrected chi connectivity index (χ2v) is 5.14. The number of halogens is 3. The number of ether oxygens (including phenoxy) is 1. The van der Waals surface area contributed by atoms with E-state index in [4.69, 9.17) is 11.6 Å². The van der Waals surface area contributed by atoms with Gasteiger partial charge in [0.25, 0.3) is 11.6 Å². The van der Waals surface area contributed by atoms with Crippen LogP contribution < -0.4 is 5.32 Å². The van der Waals surface area contributed by atoms with E-state index in [-0.39, 0.29) is 10.7 Å². The van der Waals surface area contributed by atoms with Crippen molar-refractivity contribution < 1.29 is 28.0 Å². The minimum Gasteiger partial charge on any atom is -0.452 e. The molecule has 0 radical (unpaired) electrons. The third kappa shape index (κ3) is 4.95. The SMILES string of the molecule is O=C(COC(=O)c1cc(F)cc(F)c1)Nc1ccc(Cl)cc1[N+](=O)[O-]. The van der Waals surface area contributed by atoms with Crippen LogP contribution in [0.3, 0.4) is 0 Å². The van der Waals surface area contributed by atoms with Gasteiger partial charge in [0, 0.05) is 17.2 Å². The number of nitrogens with one attached hydrogen (secondary N) is 1. The molecule has 2 aromatic carbocycles. The quantitative estimate of drug-likeness (QED) is 0.494. The molecule has 25 heavy (non-hydrogen) atoms. The number of rotatable bonds is 5. The normalized spacial score (nSPS) is 10.2. The molecule has 0 unspecified atom stereocenters. The Morgan fingerprint density at radius 1 is 1.16 bits per heavy atom. The molecule has 1 amide bonds. The van der Waals surface area contributed by atoms with Gasteiger partial charge < -0.3 is 10.1 Å². The number of carbonyl (C=O) groups is 2. The first-order chi connectivity index (χ1) is 11.8. The summed E-state index contributed by atoms with van der Waals surface area (Å²) >= 11 is 5.65. The van der Waals surface area contributed by atoms with E-state index in [9.17, 15) is 28.5 Å². The summed E-state index contributed by atoms with van der Waals surface area (Å²) in [6.45, 7) is -0.809. The monoisotopic (exact) mass is 370 g/mol. The number of hydrogen-bond donors (Lipinski definition) is 1. The first-order valence-electron chi connectivity index (χ1n) is 6.63. The highest BCUT2D eigenvalue weighted by molar-refractivity contribution is 6.31. The van der Waals surface area contributed by atoms with Crippen molar-refractivity contribution in [3.63, 3.8) is 0 Å². The lowest BCUT2D eigenvalue weighted by atomic mass is 10.2. The van der Waals surface area contributed by atoms with E-state index in [0.717, 1.165) is 18.2 Å². The first-order valence-corrected chi connectivity index (χ1v) is 7.01. The molecule has 0 saturated carbocycles. The molecular weight excluding hydrogens is 362 g/mol. The Morgan fingerprint density at radius 2 is 1.80 bits per heavy atom. The van der Waals surface area contributed by atoms with Crippen molar-refractivity contribution in [2.45, 2.75) is 0 Å². The molecule has 0 aliphatic rings. The number of carbonyl (C=O) groups excluding carboxylic acids is 2. The Labute approximate surface area is 144 Å². The number of nitrogens with zero attached hydrogens (tertiary/aromatic N) is 1. The van der Waals surface area contributed by atoms with Crippen LogP contribution in [0.5, 0.6) is 0 Å². The molecule has 2 rings (SSSR count). The number of nitro groups is 1. The molecule has 10 heteroatoms. The van der Waals surface area contributed by atoms with Crippen LogP contribution in [0, 0.1) is 21.7 Å². The van der Waals surface area contributed by atoms with Gasteiger partial charge in [0.05, 0.1) is 10.5 Å². The largest absolute Gasteiger partial charge is 0.452 e. The molecule has 7 nitrogen and oxygen atoms in total. The molecule has 0 heterocycles. The van der Waals surface area contributed by atoms with Crippen LogP contribution in [0.2, 0.25) is 5.02 Å². The fourth-order valence-corrected chi connectivity index (χ4v) is 2.00. The lowest BCUT2D eigenvalue weighted by Gasteiger charge is -2.07. The maximum absolute atomic E-state index is 13.0. The van der Waals surface area contributed by atoms with Gasteiger partial charge in [-0.05, 0) is 24.3 Å². The fraction of sp³-hybridized carbons (Fsp3) is 0.0667. The minimum absolute atomic E-state index is 0.101. The molecule has 0 atom stereocenters. The van der Waals surface area contributed by atoms with E-state index >= 15 is 0 Å². The van der Waals surface area contributed by atoms with Crippen molar-refractivity contribution in [1.29, 1.82) is 0 Å². The van der Waals surface area contributed by atoms with E-state index in [1.807, 2.05) is 0 Å². The zero-order valence-electron chi connectivity index (χ0n) is 12.3. The van der Waals surface area contributed by atoms with Crippen molar-refractivity contribution >= 4 is 34.9 Å². The second-order valence-electron chi connectivity index (χ2n) is 4.70. The fourth-order valence-electron chi connectivity index (χ4n) is 1.83. The van der Waals surface area contributed by atoms with Gasteiger partial charge in [0.15, 0.2) is 6.61 Å². The molecule has 0 saturated heterocycles. The summed E-state index contributed by atoms with van der Waals surface area (Å²) in [6.07, 6.45) is 0. The maximum atomic E-state index is 13.0. The molecule has 0 fully saturated rings. The lowest BCUT2D eigenvalue weighted by molar-refractivity contribution is -0.383. The third-order valence-corrected chi connectivity index (χ3v) is 3.10. The standard InChI is InChI=1S/C15H9ClF2N2O5/c16-9-1-2-12(13(5-9)20(23)24)19-14(21)7-25-15(22)8-3-10(17)6-11(18)4-8/h1-6H,7H2,(H,19,21). The summed E-state index contributed by atoms with van der Waals surface area (Å²) in [5, 5.41) is 13.2. The van der Waals surface area contributed by atoms with Crippen molar-refractivity contribution in [1.82, 2.24) is 0 Å². The average molecular weight is 371 g/mol. The Hall–Kier alpha value is -3.07.